The zero-order chi connectivity index (χ0) is 26.1. The summed E-state index contributed by atoms with van der Waals surface area (Å²) in [5.41, 5.74) is 5.18. The minimum Gasteiger partial charge on any atom is -0.444 e. The molecular formula is C25H40N4O5. The van der Waals surface area contributed by atoms with Gasteiger partial charge >= 0.3 is 6.09 Å². The van der Waals surface area contributed by atoms with Crippen LogP contribution in [0.3, 0.4) is 0 Å². The number of alkyl carbamates (subject to hydrolysis) is 1. The second-order valence-electron chi connectivity index (χ2n) is 9.68. The maximum absolute atomic E-state index is 13.9. The number of carbonyl (C=O) groups excluding carboxylic acids is 4. The molecule has 3 atom stereocenters. The Morgan fingerprint density at radius 3 is 2.09 bits per heavy atom. The van der Waals surface area contributed by atoms with Crippen molar-refractivity contribution in [3.05, 3.63) is 35.9 Å². The molecule has 190 valence electrons. The number of nitrogens with two attached hydrogens (primary N) is 1. The van der Waals surface area contributed by atoms with E-state index in [4.69, 9.17) is 10.5 Å². The molecule has 1 rings (SSSR count). The van der Waals surface area contributed by atoms with Crippen molar-refractivity contribution in [2.75, 3.05) is 0 Å². The fraction of sp³-hybridized carbons (Fsp3) is 0.600. The van der Waals surface area contributed by atoms with Crippen LogP contribution in [0.15, 0.2) is 30.3 Å². The molecule has 34 heavy (non-hydrogen) atoms. The molecule has 0 aliphatic carbocycles. The van der Waals surface area contributed by atoms with Crippen molar-refractivity contribution in [1.82, 2.24) is 15.5 Å². The molecule has 0 fully saturated rings. The number of rotatable bonds is 11. The van der Waals surface area contributed by atoms with Crippen molar-refractivity contribution in [1.29, 1.82) is 0 Å². The van der Waals surface area contributed by atoms with Crippen molar-refractivity contribution in [2.45, 2.75) is 97.5 Å². The number of hydrogen-bond acceptors (Lipinski definition) is 5. The Morgan fingerprint density at radius 2 is 1.62 bits per heavy atom. The number of nitrogens with zero attached hydrogens (tertiary/aromatic N) is 1. The Labute approximate surface area is 202 Å². The molecule has 0 saturated heterocycles. The zero-order valence-electron chi connectivity index (χ0n) is 21.4. The summed E-state index contributed by atoms with van der Waals surface area (Å²) in [6.07, 6.45) is -0.358. The summed E-state index contributed by atoms with van der Waals surface area (Å²) in [6, 6.07) is 6.49. The van der Waals surface area contributed by atoms with Gasteiger partial charge in [-0.15, -0.1) is 0 Å². The van der Waals surface area contributed by atoms with E-state index in [1.807, 2.05) is 33.8 Å². The maximum atomic E-state index is 13.9. The minimum atomic E-state index is -1.10. The van der Waals surface area contributed by atoms with Gasteiger partial charge in [0.05, 0.1) is 0 Å². The quantitative estimate of drug-likeness (QED) is 0.452. The van der Waals surface area contributed by atoms with E-state index in [1.54, 1.807) is 45.0 Å². The van der Waals surface area contributed by atoms with Gasteiger partial charge in [-0.3, -0.25) is 14.4 Å². The van der Waals surface area contributed by atoms with Crippen molar-refractivity contribution >= 4 is 23.8 Å². The first kappa shape index (κ1) is 28.9. The second kappa shape index (κ2) is 13.0. The van der Waals surface area contributed by atoms with Crippen molar-refractivity contribution in [3.63, 3.8) is 0 Å². The van der Waals surface area contributed by atoms with Gasteiger partial charge in [0.1, 0.15) is 17.7 Å². The predicted octanol–water partition coefficient (Wildman–Crippen LogP) is 3.04. The summed E-state index contributed by atoms with van der Waals surface area (Å²) >= 11 is 0. The Morgan fingerprint density at radius 1 is 1.03 bits per heavy atom. The van der Waals surface area contributed by atoms with Gasteiger partial charge in [-0.25, -0.2) is 4.79 Å². The van der Waals surface area contributed by atoms with Gasteiger partial charge in [0.2, 0.25) is 17.7 Å². The van der Waals surface area contributed by atoms with Crippen molar-refractivity contribution < 1.29 is 23.9 Å². The molecule has 1 aromatic carbocycles. The lowest BCUT2D eigenvalue weighted by Gasteiger charge is -2.38. The summed E-state index contributed by atoms with van der Waals surface area (Å²) in [6.45, 7) is 12.6. The molecule has 0 saturated carbocycles. The number of amides is 4. The van der Waals surface area contributed by atoms with Crippen LogP contribution >= 0.6 is 0 Å². The van der Waals surface area contributed by atoms with E-state index < -0.39 is 35.6 Å². The number of primary amides is 1. The third-order valence-corrected chi connectivity index (χ3v) is 5.06. The van der Waals surface area contributed by atoms with E-state index in [0.29, 0.717) is 12.0 Å². The Hall–Kier alpha value is -3.10. The van der Waals surface area contributed by atoms with Gasteiger partial charge in [0.15, 0.2) is 0 Å². The SMILES string of the molecule is CCC(C)N(C(=O)C(CCC(N)=O)NC(=O)OC(C)(C)C)C(C(=O)NC(C)C)c1ccccc1. The highest BCUT2D eigenvalue weighted by Crippen LogP contribution is 2.27. The highest BCUT2D eigenvalue weighted by molar-refractivity contribution is 5.92. The Balaban J connectivity index is 3.46. The van der Waals surface area contributed by atoms with E-state index >= 15 is 0 Å². The Kier molecular flexibility index (Phi) is 11.0. The predicted molar refractivity (Wildman–Crippen MR) is 131 cm³/mol. The van der Waals surface area contributed by atoms with Crippen LogP contribution in [0, 0.1) is 0 Å². The van der Waals surface area contributed by atoms with Crippen LogP contribution in [0.2, 0.25) is 0 Å². The second-order valence-corrected chi connectivity index (χ2v) is 9.68. The maximum Gasteiger partial charge on any atom is 0.408 e. The van der Waals surface area contributed by atoms with E-state index in [1.165, 1.54) is 4.90 Å². The van der Waals surface area contributed by atoms with Crippen LogP contribution in [0.4, 0.5) is 4.79 Å². The van der Waals surface area contributed by atoms with Gasteiger partial charge in [0, 0.05) is 18.5 Å². The molecule has 0 aliphatic heterocycles. The molecule has 0 radical (unpaired) electrons. The monoisotopic (exact) mass is 476 g/mol. The molecule has 0 heterocycles. The minimum absolute atomic E-state index is 0.0202. The summed E-state index contributed by atoms with van der Waals surface area (Å²) in [7, 11) is 0. The van der Waals surface area contributed by atoms with E-state index in [9.17, 15) is 19.2 Å². The van der Waals surface area contributed by atoms with E-state index in [0.717, 1.165) is 0 Å². The standard InChI is InChI=1S/C25H40N4O5/c1-8-17(4)29(21(22(31)27-16(2)3)18-12-10-9-11-13-18)23(32)19(14-15-20(26)30)28-24(33)34-25(5,6)7/h9-13,16-17,19,21H,8,14-15H2,1-7H3,(H2,26,30)(H,27,31)(H,28,33). The molecule has 0 spiro atoms. The lowest BCUT2D eigenvalue weighted by molar-refractivity contribution is -0.145. The Bertz CT molecular complexity index is 835. The average Bonchev–Trinajstić information content (AvgIpc) is 2.72. The molecule has 3 unspecified atom stereocenters. The highest BCUT2D eigenvalue weighted by Gasteiger charge is 2.38. The summed E-state index contributed by atoms with van der Waals surface area (Å²) in [4.78, 5) is 52.7. The average molecular weight is 477 g/mol. The lowest BCUT2D eigenvalue weighted by Crippen LogP contribution is -2.56. The van der Waals surface area contributed by atoms with E-state index in [-0.39, 0.29) is 30.8 Å². The zero-order valence-corrected chi connectivity index (χ0v) is 21.4. The van der Waals surface area contributed by atoms with Gasteiger partial charge in [-0.05, 0) is 59.9 Å². The van der Waals surface area contributed by atoms with Crippen LogP contribution in [0.5, 0.6) is 0 Å². The van der Waals surface area contributed by atoms with Crippen LogP contribution in [0.25, 0.3) is 0 Å². The summed E-state index contributed by atoms with van der Waals surface area (Å²) in [5, 5.41) is 5.48. The molecule has 0 aliphatic rings. The number of hydrogen-bond donors (Lipinski definition) is 3. The van der Waals surface area contributed by atoms with Crippen LogP contribution < -0.4 is 16.4 Å². The van der Waals surface area contributed by atoms with Gasteiger partial charge in [-0.2, -0.15) is 0 Å². The first-order chi connectivity index (χ1) is 15.8. The van der Waals surface area contributed by atoms with Gasteiger partial charge in [-0.1, -0.05) is 37.3 Å². The molecule has 9 heteroatoms. The molecule has 9 nitrogen and oxygen atoms in total. The number of ether oxygens (including phenoxy) is 1. The van der Waals surface area contributed by atoms with Crippen molar-refractivity contribution in [2.24, 2.45) is 5.73 Å². The lowest BCUT2D eigenvalue weighted by atomic mass is 9.98. The molecule has 0 bridgehead atoms. The first-order valence-corrected chi connectivity index (χ1v) is 11.7. The third-order valence-electron chi connectivity index (χ3n) is 5.06. The molecular weight excluding hydrogens is 436 g/mol. The molecule has 4 amide bonds. The fourth-order valence-electron chi connectivity index (χ4n) is 3.41. The number of nitrogens with one attached hydrogen (secondary N) is 2. The molecule has 4 N–H and O–H groups in total. The normalized spacial score (nSPS) is 14.0. The third kappa shape index (κ3) is 9.41. The number of benzene rings is 1. The summed E-state index contributed by atoms with van der Waals surface area (Å²) in [5.74, 6) is -1.42. The smallest absolute Gasteiger partial charge is 0.408 e. The molecule has 1 aromatic rings. The number of carbonyl (C=O) groups is 4. The summed E-state index contributed by atoms with van der Waals surface area (Å²) < 4.78 is 5.32. The van der Waals surface area contributed by atoms with Gasteiger partial charge in [0.25, 0.3) is 0 Å². The van der Waals surface area contributed by atoms with E-state index in [2.05, 4.69) is 10.6 Å². The first-order valence-electron chi connectivity index (χ1n) is 11.7. The van der Waals surface area contributed by atoms with Crippen LogP contribution in [-0.2, 0) is 19.1 Å². The highest BCUT2D eigenvalue weighted by atomic mass is 16.6. The van der Waals surface area contributed by atoms with Crippen LogP contribution in [0.1, 0.15) is 79.3 Å². The topological polar surface area (TPSA) is 131 Å². The van der Waals surface area contributed by atoms with Gasteiger partial charge < -0.3 is 26.0 Å². The molecule has 0 aromatic heterocycles. The van der Waals surface area contributed by atoms with Crippen LogP contribution in [-0.4, -0.2) is 52.4 Å². The van der Waals surface area contributed by atoms with Crippen molar-refractivity contribution in [3.8, 4) is 0 Å². The fourth-order valence-corrected chi connectivity index (χ4v) is 3.41. The largest absolute Gasteiger partial charge is 0.444 e.